The van der Waals surface area contributed by atoms with Crippen LogP contribution in [0.4, 0.5) is 0 Å². The summed E-state index contributed by atoms with van der Waals surface area (Å²) in [5, 5.41) is 8.92. The monoisotopic (exact) mass is 327 g/mol. The summed E-state index contributed by atoms with van der Waals surface area (Å²) in [7, 11) is 0. The van der Waals surface area contributed by atoms with Gasteiger partial charge in [-0.15, -0.1) is 11.3 Å². The first kappa shape index (κ1) is 13.0. The van der Waals surface area contributed by atoms with Crippen molar-refractivity contribution in [3.05, 3.63) is 54.5 Å². The molecule has 0 aliphatic rings. The average molecular weight is 328 g/mol. The second-order valence-electron chi connectivity index (χ2n) is 3.81. The Hall–Kier alpha value is -1.40. The van der Waals surface area contributed by atoms with Crippen molar-refractivity contribution in [1.29, 1.82) is 0 Å². The maximum Gasteiger partial charge on any atom is 0.345 e. The van der Waals surface area contributed by atoms with Crippen LogP contribution in [0.15, 0.2) is 33.7 Å². The van der Waals surface area contributed by atoms with Crippen molar-refractivity contribution in [3.63, 3.8) is 0 Å². The van der Waals surface area contributed by atoms with Gasteiger partial charge in [0.2, 0.25) is 0 Å². The van der Waals surface area contributed by atoms with E-state index < -0.39 is 5.97 Å². The zero-order valence-electron chi connectivity index (χ0n) is 9.51. The van der Waals surface area contributed by atoms with E-state index in [0.717, 1.165) is 14.9 Å². The van der Waals surface area contributed by atoms with Crippen LogP contribution in [-0.4, -0.2) is 15.6 Å². The average Bonchev–Trinajstić information content (AvgIpc) is 2.66. The van der Waals surface area contributed by atoms with E-state index in [2.05, 4.69) is 15.9 Å². The van der Waals surface area contributed by atoms with Crippen molar-refractivity contribution in [2.24, 2.45) is 0 Å². The largest absolute Gasteiger partial charge is 0.477 e. The van der Waals surface area contributed by atoms with Gasteiger partial charge in [-0.05, 0) is 40.5 Å². The summed E-state index contributed by atoms with van der Waals surface area (Å²) < 4.78 is 2.36. The summed E-state index contributed by atoms with van der Waals surface area (Å²) in [5.74, 6) is -0.934. The molecule has 2 aromatic rings. The van der Waals surface area contributed by atoms with Crippen LogP contribution >= 0.6 is 27.3 Å². The molecule has 0 aliphatic carbocycles. The van der Waals surface area contributed by atoms with E-state index in [1.54, 1.807) is 22.9 Å². The Balaban J connectivity index is 2.37. The number of pyridine rings is 1. The molecule has 0 saturated heterocycles. The molecule has 0 fully saturated rings. The number of halogens is 1. The van der Waals surface area contributed by atoms with Crippen LogP contribution in [0, 0.1) is 6.92 Å². The van der Waals surface area contributed by atoms with Crippen LogP contribution < -0.4 is 5.56 Å². The first-order valence-corrected chi connectivity index (χ1v) is 6.77. The topological polar surface area (TPSA) is 59.3 Å². The lowest BCUT2D eigenvalue weighted by molar-refractivity contribution is 0.0702. The second-order valence-corrected chi connectivity index (χ2v) is 5.98. The second kappa shape index (κ2) is 5.07. The van der Waals surface area contributed by atoms with Gasteiger partial charge in [0.1, 0.15) is 4.88 Å². The lowest BCUT2D eigenvalue weighted by Gasteiger charge is -2.05. The van der Waals surface area contributed by atoms with Gasteiger partial charge in [0.05, 0.1) is 6.54 Å². The molecule has 94 valence electrons. The molecule has 0 bridgehead atoms. The van der Waals surface area contributed by atoms with Crippen LogP contribution in [0.2, 0.25) is 0 Å². The highest BCUT2D eigenvalue weighted by Gasteiger charge is 2.11. The number of carboxylic acid groups (broad SMARTS) is 1. The van der Waals surface area contributed by atoms with Gasteiger partial charge in [-0.3, -0.25) is 4.79 Å². The van der Waals surface area contributed by atoms with Gasteiger partial charge in [-0.1, -0.05) is 0 Å². The highest BCUT2D eigenvalue weighted by molar-refractivity contribution is 9.10. The number of rotatable bonds is 3. The predicted octanol–water partition coefficient (Wildman–Crippen LogP) is 2.73. The summed E-state index contributed by atoms with van der Waals surface area (Å²) in [4.78, 5) is 23.7. The van der Waals surface area contributed by atoms with E-state index >= 15 is 0 Å². The lowest BCUT2D eigenvalue weighted by atomic mass is 10.2. The molecular weight excluding hydrogens is 318 g/mol. The maximum atomic E-state index is 11.7. The van der Waals surface area contributed by atoms with Crippen LogP contribution in [0.5, 0.6) is 0 Å². The Kier molecular flexibility index (Phi) is 3.68. The molecule has 0 amide bonds. The van der Waals surface area contributed by atoms with Gasteiger partial charge in [-0.2, -0.15) is 0 Å². The zero-order chi connectivity index (χ0) is 13.3. The van der Waals surface area contributed by atoms with Crippen molar-refractivity contribution in [1.82, 2.24) is 4.57 Å². The quantitative estimate of drug-likeness (QED) is 0.942. The molecule has 0 saturated carbocycles. The van der Waals surface area contributed by atoms with Gasteiger partial charge < -0.3 is 9.67 Å². The van der Waals surface area contributed by atoms with Crippen molar-refractivity contribution in [3.8, 4) is 0 Å². The van der Waals surface area contributed by atoms with Crippen LogP contribution in [-0.2, 0) is 6.54 Å². The van der Waals surface area contributed by atoms with Crippen LogP contribution in [0.3, 0.4) is 0 Å². The summed E-state index contributed by atoms with van der Waals surface area (Å²) in [5.41, 5.74) is 0.748. The Bertz CT molecular complexity index is 660. The molecule has 1 N–H and O–H groups in total. The number of carboxylic acids is 1. The standard InChI is InChI=1S/C12H10BrNO3S/c1-7-8(4-10(18-7)12(16)17)5-14-6-9(13)2-3-11(14)15/h2-4,6H,5H2,1H3,(H,16,17). The van der Waals surface area contributed by atoms with Crippen molar-refractivity contribution in [2.45, 2.75) is 13.5 Å². The summed E-state index contributed by atoms with van der Waals surface area (Å²) >= 11 is 4.53. The SMILES string of the molecule is Cc1sc(C(=O)O)cc1Cn1cc(Br)ccc1=O. The van der Waals surface area contributed by atoms with Crippen LogP contribution in [0.25, 0.3) is 0 Å². The minimum absolute atomic E-state index is 0.110. The van der Waals surface area contributed by atoms with Gasteiger partial charge in [-0.25, -0.2) is 4.79 Å². The normalized spacial score (nSPS) is 10.6. The minimum atomic E-state index is -0.934. The zero-order valence-corrected chi connectivity index (χ0v) is 11.9. The Morgan fingerprint density at radius 2 is 2.22 bits per heavy atom. The Morgan fingerprint density at radius 1 is 1.50 bits per heavy atom. The van der Waals surface area contributed by atoms with E-state index in [-0.39, 0.29) is 5.56 Å². The highest BCUT2D eigenvalue weighted by Crippen LogP contribution is 2.22. The number of aryl methyl sites for hydroxylation is 1. The third kappa shape index (κ3) is 2.70. The number of nitrogens with zero attached hydrogens (tertiary/aromatic N) is 1. The van der Waals surface area contributed by atoms with Gasteiger partial charge in [0.25, 0.3) is 5.56 Å². The summed E-state index contributed by atoms with van der Waals surface area (Å²) in [6, 6.07) is 4.78. The Morgan fingerprint density at radius 3 is 2.83 bits per heavy atom. The van der Waals surface area contributed by atoms with E-state index in [4.69, 9.17) is 5.11 Å². The fourth-order valence-electron chi connectivity index (χ4n) is 1.59. The molecule has 2 aromatic heterocycles. The molecule has 0 atom stereocenters. The number of aromatic nitrogens is 1. The molecule has 2 heterocycles. The smallest absolute Gasteiger partial charge is 0.345 e. The molecule has 0 radical (unpaired) electrons. The predicted molar refractivity (Wildman–Crippen MR) is 73.5 cm³/mol. The van der Waals surface area contributed by atoms with E-state index in [9.17, 15) is 9.59 Å². The summed E-state index contributed by atoms with van der Waals surface area (Å²) in [6.45, 7) is 2.24. The molecule has 0 aliphatic heterocycles. The molecule has 4 nitrogen and oxygen atoms in total. The number of hydrogen-bond acceptors (Lipinski definition) is 3. The minimum Gasteiger partial charge on any atom is -0.477 e. The van der Waals surface area contributed by atoms with Crippen LogP contribution in [0.1, 0.15) is 20.1 Å². The maximum absolute atomic E-state index is 11.7. The molecule has 0 spiro atoms. The van der Waals surface area contributed by atoms with E-state index in [1.807, 2.05) is 6.92 Å². The lowest BCUT2D eigenvalue weighted by Crippen LogP contribution is -2.18. The van der Waals surface area contributed by atoms with Crippen molar-refractivity contribution in [2.75, 3.05) is 0 Å². The molecular formula is C12H10BrNO3S. The third-order valence-corrected chi connectivity index (χ3v) is 4.07. The molecule has 2 rings (SSSR count). The number of hydrogen-bond donors (Lipinski definition) is 1. The first-order chi connectivity index (χ1) is 8.47. The number of aromatic carboxylic acids is 1. The number of carbonyl (C=O) groups is 1. The fourth-order valence-corrected chi connectivity index (χ4v) is 2.84. The molecule has 0 unspecified atom stereocenters. The fraction of sp³-hybridized carbons (Fsp3) is 0.167. The van der Waals surface area contributed by atoms with E-state index in [1.165, 1.54) is 17.4 Å². The van der Waals surface area contributed by atoms with E-state index in [0.29, 0.717) is 11.4 Å². The van der Waals surface area contributed by atoms with Crippen molar-refractivity contribution >= 4 is 33.2 Å². The number of thiophene rings is 1. The Labute approximate surface area is 116 Å². The van der Waals surface area contributed by atoms with Gasteiger partial charge in [0.15, 0.2) is 0 Å². The summed E-state index contributed by atoms with van der Waals surface area (Å²) in [6.07, 6.45) is 1.69. The molecule has 18 heavy (non-hydrogen) atoms. The third-order valence-electron chi connectivity index (χ3n) is 2.52. The van der Waals surface area contributed by atoms with Gasteiger partial charge >= 0.3 is 5.97 Å². The molecule has 6 heteroatoms. The molecule has 0 aromatic carbocycles. The first-order valence-electron chi connectivity index (χ1n) is 5.16. The van der Waals surface area contributed by atoms with Crippen molar-refractivity contribution < 1.29 is 9.90 Å². The van der Waals surface area contributed by atoms with Gasteiger partial charge in [0, 0.05) is 21.6 Å². The highest BCUT2D eigenvalue weighted by atomic mass is 79.9.